The van der Waals surface area contributed by atoms with Crippen molar-refractivity contribution in [3.8, 4) is 0 Å². The van der Waals surface area contributed by atoms with Gasteiger partial charge in [0.2, 0.25) is 11.8 Å². The van der Waals surface area contributed by atoms with E-state index in [0.29, 0.717) is 18.5 Å². The van der Waals surface area contributed by atoms with Gasteiger partial charge in [-0.1, -0.05) is 30.3 Å². The molecule has 170 valence electrons. The lowest BCUT2D eigenvalue weighted by Crippen LogP contribution is -2.52. The Bertz CT molecular complexity index is 1150. The van der Waals surface area contributed by atoms with Gasteiger partial charge >= 0.3 is 0 Å². The Kier molecular flexibility index (Phi) is 4.76. The van der Waals surface area contributed by atoms with Crippen LogP contribution in [0.25, 0.3) is 0 Å². The average Bonchev–Trinajstić information content (AvgIpc) is 3.31. The van der Waals surface area contributed by atoms with Crippen LogP contribution in [-0.2, 0) is 28.1 Å². The van der Waals surface area contributed by atoms with Crippen molar-refractivity contribution in [3.63, 3.8) is 0 Å². The Morgan fingerprint density at radius 3 is 2.64 bits per heavy atom. The third-order valence-electron chi connectivity index (χ3n) is 7.91. The number of anilines is 1. The van der Waals surface area contributed by atoms with Crippen LogP contribution in [-0.4, -0.2) is 48.3 Å². The van der Waals surface area contributed by atoms with Crippen LogP contribution in [0.4, 0.5) is 5.69 Å². The molecule has 4 heterocycles. The number of carbonyl (C=O) groups excluding carboxylic acids is 3. The van der Waals surface area contributed by atoms with E-state index in [-0.39, 0.29) is 29.6 Å². The molecule has 2 fully saturated rings. The number of carbonyl (C=O) groups is 3. The van der Waals surface area contributed by atoms with Crippen LogP contribution < -0.4 is 15.5 Å². The SMILES string of the molecule is O=C1CCC(N2Cc3c(CN4CC5(CCNCC5)c5ccccc54)cccc3C2=O)C(=O)N1. The maximum Gasteiger partial charge on any atom is 0.255 e. The number of hydrogen-bond acceptors (Lipinski definition) is 5. The predicted molar refractivity (Wildman–Crippen MR) is 124 cm³/mol. The van der Waals surface area contributed by atoms with Crippen molar-refractivity contribution < 1.29 is 14.4 Å². The van der Waals surface area contributed by atoms with E-state index in [9.17, 15) is 14.4 Å². The molecule has 7 heteroatoms. The van der Waals surface area contributed by atoms with Crippen molar-refractivity contribution in [1.82, 2.24) is 15.5 Å². The van der Waals surface area contributed by atoms with Crippen LogP contribution in [0.1, 0.15) is 52.7 Å². The molecule has 0 aliphatic carbocycles. The average molecular weight is 445 g/mol. The summed E-state index contributed by atoms with van der Waals surface area (Å²) in [5, 5.41) is 5.88. The second kappa shape index (κ2) is 7.70. The highest BCUT2D eigenvalue weighted by molar-refractivity contribution is 6.05. The predicted octanol–water partition coefficient (Wildman–Crippen LogP) is 2.09. The van der Waals surface area contributed by atoms with Gasteiger partial charge in [0.05, 0.1) is 0 Å². The third-order valence-corrected chi connectivity index (χ3v) is 7.91. The van der Waals surface area contributed by atoms with Gasteiger partial charge in [-0.2, -0.15) is 0 Å². The summed E-state index contributed by atoms with van der Waals surface area (Å²) in [6, 6.07) is 14.1. The van der Waals surface area contributed by atoms with E-state index in [1.807, 2.05) is 12.1 Å². The highest BCUT2D eigenvalue weighted by Crippen LogP contribution is 2.46. The van der Waals surface area contributed by atoms with E-state index in [4.69, 9.17) is 0 Å². The maximum atomic E-state index is 13.2. The van der Waals surface area contributed by atoms with Gasteiger partial charge in [-0.05, 0) is 61.2 Å². The fraction of sp³-hybridized carbons (Fsp3) is 0.423. The Hall–Kier alpha value is -3.19. The van der Waals surface area contributed by atoms with Crippen molar-refractivity contribution >= 4 is 23.4 Å². The number of rotatable bonds is 3. The smallest absolute Gasteiger partial charge is 0.255 e. The minimum absolute atomic E-state index is 0.113. The van der Waals surface area contributed by atoms with Crippen LogP contribution in [0.2, 0.25) is 0 Å². The monoisotopic (exact) mass is 444 g/mol. The topological polar surface area (TPSA) is 81.8 Å². The molecule has 1 atom stereocenters. The van der Waals surface area contributed by atoms with Crippen molar-refractivity contribution in [1.29, 1.82) is 0 Å². The number of benzene rings is 2. The molecule has 7 nitrogen and oxygen atoms in total. The van der Waals surface area contributed by atoms with Crippen molar-refractivity contribution in [2.75, 3.05) is 24.5 Å². The van der Waals surface area contributed by atoms with E-state index in [1.54, 1.807) is 4.90 Å². The fourth-order valence-corrected chi connectivity index (χ4v) is 6.21. The summed E-state index contributed by atoms with van der Waals surface area (Å²) in [5.41, 5.74) is 5.76. The summed E-state index contributed by atoms with van der Waals surface area (Å²) < 4.78 is 0. The fourth-order valence-electron chi connectivity index (χ4n) is 6.21. The number of piperidine rings is 2. The normalized spacial score (nSPS) is 23.6. The van der Waals surface area contributed by atoms with Crippen molar-refractivity contribution in [2.24, 2.45) is 0 Å². The lowest BCUT2D eigenvalue weighted by atomic mass is 9.75. The summed E-state index contributed by atoms with van der Waals surface area (Å²) in [4.78, 5) is 41.3. The van der Waals surface area contributed by atoms with Gasteiger partial charge in [-0.15, -0.1) is 0 Å². The Labute approximate surface area is 193 Å². The molecule has 2 saturated heterocycles. The number of nitrogens with one attached hydrogen (secondary N) is 2. The zero-order valence-electron chi connectivity index (χ0n) is 18.6. The van der Waals surface area contributed by atoms with Gasteiger partial charge in [0.1, 0.15) is 6.04 Å². The Balaban J connectivity index is 1.29. The van der Waals surface area contributed by atoms with Gasteiger partial charge in [-0.25, -0.2) is 0 Å². The molecule has 1 unspecified atom stereocenters. The van der Waals surface area contributed by atoms with Crippen LogP contribution in [0.3, 0.4) is 0 Å². The van der Waals surface area contributed by atoms with Crippen LogP contribution >= 0.6 is 0 Å². The summed E-state index contributed by atoms with van der Waals surface area (Å²) >= 11 is 0. The van der Waals surface area contributed by atoms with E-state index >= 15 is 0 Å². The molecule has 1 spiro atoms. The molecule has 0 saturated carbocycles. The first kappa shape index (κ1) is 20.4. The van der Waals surface area contributed by atoms with Gasteiger partial charge in [0.25, 0.3) is 5.91 Å². The molecule has 33 heavy (non-hydrogen) atoms. The summed E-state index contributed by atoms with van der Waals surface area (Å²) in [6.07, 6.45) is 2.92. The van der Waals surface area contributed by atoms with E-state index in [2.05, 4.69) is 45.9 Å². The standard InChI is InChI=1S/C26H28N4O3/c31-23-9-8-22(24(32)28-23)30-15-19-17(4-3-5-18(19)25(30)33)14-29-16-26(10-12-27-13-11-26)20-6-1-2-7-21(20)29/h1-7,22,27H,8-16H2,(H,28,31,32). The largest absolute Gasteiger partial charge is 0.366 e. The van der Waals surface area contributed by atoms with Crippen molar-refractivity contribution in [2.45, 2.75) is 50.2 Å². The van der Waals surface area contributed by atoms with Crippen LogP contribution in [0, 0.1) is 0 Å². The first-order valence-corrected chi connectivity index (χ1v) is 11.9. The van der Waals surface area contributed by atoms with Gasteiger partial charge in [0, 0.05) is 42.7 Å². The summed E-state index contributed by atoms with van der Waals surface area (Å²) in [7, 11) is 0. The van der Waals surface area contributed by atoms with E-state index < -0.39 is 6.04 Å². The van der Waals surface area contributed by atoms with Gasteiger partial charge in [0.15, 0.2) is 0 Å². The molecule has 0 radical (unpaired) electrons. The highest BCUT2D eigenvalue weighted by atomic mass is 16.2. The zero-order valence-corrected chi connectivity index (χ0v) is 18.6. The molecule has 0 bridgehead atoms. The summed E-state index contributed by atoms with van der Waals surface area (Å²) in [5.74, 6) is -0.742. The zero-order chi connectivity index (χ0) is 22.6. The second-order valence-corrected chi connectivity index (χ2v) is 9.75. The Morgan fingerprint density at radius 1 is 1.00 bits per heavy atom. The number of nitrogens with zero attached hydrogens (tertiary/aromatic N) is 2. The number of amides is 3. The molecule has 2 N–H and O–H groups in total. The van der Waals surface area contributed by atoms with Crippen molar-refractivity contribution in [3.05, 3.63) is 64.7 Å². The number of hydrogen-bond donors (Lipinski definition) is 2. The molecule has 2 aromatic carbocycles. The first-order chi connectivity index (χ1) is 16.1. The van der Waals surface area contributed by atoms with E-state index in [0.717, 1.165) is 50.1 Å². The van der Waals surface area contributed by atoms with Gasteiger partial charge < -0.3 is 15.1 Å². The number of fused-ring (bicyclic) bond motifs is 3. The summed E-state index contributed by atoms with van der Waals surface area (Å²) in [6.45, 7) is 4.23. The molecule has 4 aliphatic heterocycles. The molecule has 2 aromatic rings. The molecule has 3 amide bonds. The lowest BCUT2D eigenvalue weighted by Gasteiger charge is -2.35. The minimum atomic E-state index is -0.582. The molecular formula is C26H28N4O3. The van der Waals surface area contributed by atoms with E-state index in [1.165, 1.54) is 11.3 Å². The lowest BCUT2D eigenvalue weighted by molar-refractivity contribution is -0.136. The maximum absolute atomic E-state index is 13.2. The molecule has 4 aliphatic rings. The van der Waals surface area contributed by atoms with Gasteiger partial charge in [-0.3, -0.25) is 19.7 Å². The Morgan fingerprint density at radius 2 is 1.82 bits per heavy atom. The number of imide groups is 1. The minimum Gasteiger partial charge on any atom is -0.366 e. The first-order valence-electron chi connectivity index (χ1n) is 11.9. The third kappa shape index (κ3) is 3.25. The molecular weight excluding hydrogens is 416 g/mol. The highest BCUT2D eigenvalue weighted by Gasteiger charge is 2.44. The van der Waals surface area contributed by atoms with Crippen LogP contribution in [0.5, 0.6) is 0 Å². The molecule has 6 rings (SSSR count). The molecule has 0 aromatic heterocycles. The van der Waals surface area contributed by atoms with Crippen LogP contribution in [0.15, 0.2) is 42.5 Å². The quantitative estimate of drug-likeness (QED) is 0.709. The number of para-hydroxylation sites is 1. The second-order valence-electron chi connectivity index (χ2n) is 9.75.